The van der Waals surface area contributed by atoms with Gasteiger partial charge in [0, 0.05) is 5.69 Å². The zero-order valence-electron chi connectivity index (χ0n) is 8.77. The second-order valence-electron chi connectivity index (χ2n) is 3.94. The Kier molecular flexibility index (Phi) is 2.90. The maximum atomic E-state index is 11.4. The van der Waals surface area contributed by atoms with Crippen LogP contribution in [0.3, 0.4) is 0 Å². The first-order valence-corrected chi connectivity index (χ1v) is 5.28. The Balaban J connectivity index is 1.81. The molecule has 3 heteroatoms. The molecule has 1 aromatic carbocycles. The first-order chi connectivity index (χ1) is 7.25. The third kappa shape index (κ3) is 2.98. The molecule has 1 fully saturated rings. The van der Waals surface area contributed by atoms with Crippen LogP contribution >= 0.6 is 0 Å². The summed E-state index contributed by atoms with van der Waals surface area (Å²) in [4.78, 5) is 11.4. The summed E-state index contributed by atoms with van der Waals surface area (Å²) in [7, 11) is 0. The molecule has 2 rings (SSSR count). The molecule has 3 nitrogen and oxygen atoms in total. The van der Waals surface area contributed by atoms with Gasteiger partial charge in [-0.15, -0.1) is 0 Å². The van der Waals surface area contributed by atoms with Gasteiger partial charge in [-0.25, -0.2) is 4.79 Å². The van der Waals surface area contributed by atoms with E-state index in [0.29, 0.717) is 5.92 Å². The lowest BCUT2D eigenvalue weighted by atomic mass is 10.3. The van der Waals surface area contributed by atoms with Gasteiger partial charge in [0.15, 0.2) is 0 Å². The van der Waals surface area contributed by atoms with Gasteiger partial charge in [0.2, 0.25) is 0 Å². The minimum atomic E-state index is -0.361. The fourth-order valence-electron chi connectivity index (χ4n) is 1.50. The van der Waals surface area contributed by atoms with Crippen molar-refractivity contribution in [3.8, 4) is 0 Å². The van der Waals surface area contributed by atoms with Gasteiger partial charge in [0.1, 0.15) is 6.10 Å². The smallest absolute Gasteiger partial charge is 0.411 e. The number of anilines is 1. The average Bonchev–Trinajstić information content (AvgIpc) is 3.01. The molecule has 1 saturated carbocycles. The third-order valence-corrected chi connectivity index (χ3v) is 2.60. The van der Waals surface area contributed by atoms with Gasteiger partial charge in [-0.1, -0.05) is 18.2 Å². The maximum Gasteiger partial charge on any atom is 0.411 e. The Morgan fingerprint density at radius 1 is 1.40 bits per heavy atom. The van der Waals surface area contributed by atoms with Gasteiger partial charge in [0.05, 0.1) is 0 Å². The quantitative estimate of drug-likeness (QED) is 0.823. The summed E-state index contributed by atoms with van der Waals surface area (Å²) in [5.74, 6) is 0.575. The topological polar surface area (TPSA) is 38.3 Å². The lowest BCUT2D eigenvalue weighted by molar-refractivity contribution is 0.108. The Bertz CT molecular complexity index is 333. The van der Waals surface area contributed by atoms with Gasteiger partial charge in [0.25, 0.3) is 0 Å². The number of rotatable bonds is 3. The van der Waals surface area contributed by atoms with Crippen LogP contribution in [0.2, 0.25) is 0 Å². The van der Waals surface area contributed by atoms with E-state index in [0.717, 1.165) is 5.69 Å². The van der Waals surface area contributed by atoms with Crippen molar-refractivity contribution >= 4 is 11.8 Å². The summed E-state index contributed by atoms with van der Waals surface area (Å²) in [6.45, 7) is 1.95. The summed E-state index contributed by atoms with van der Waals surface area (Å²) in [5, 5.41) is 2.69. The van der Waals surface area contributed by atoms with E-state index in [1.54, 1.807) is 0 Å². The highest BCUT2D eigenvalue weighted by Gasteiger charge is 2.30. The number of amides is 1. The number of hydrogen-bond donors (Lipinski definition) is 1. The second-order valence-corrected chi connectivity index (χ2v) is 3.94. The van der Waals surface area contributed by atoms with E-state index in [2.05, 4.69) is 5.32 Å². The predicted molar refractivity (Wildman–Crippen MR) is 58.7 cm³/mol. The summed E-state index contributed by atoms with van der Waals surface area (Å²) in [6.07, 6.45) is 2.04. The maximum absolute atomic E-state index is 11.4. The Morgan fingerprint density at radius 2 is 2.07 bits per heavy atom. The van der Waals surface area contributed by atoms with Crippen molar-refractivity contribution in [1.82, 2.24) is 0 Å². The van der Waals surface area contributed by atoms with Gasteiger partial charge in [-0.3, -0.25) is 5.32 Å². The van der Waals surface area contributed by atoms with Gasteiger partial charge < -0.3 is 4.74 Å². The summed E-state index contributed by atoms with van der Waals surface area (Å²) in [6, 6.07) is 9.33. The van der Waals surface area contributed by atoms with Crippen LogP contribution in [0.5, 0.6) is 0 Å². The Labute approximate surface area is 89.4 Å². The second kappa shape index (κ2) is 4.34. The molecule has 0 aromatic heterocycles. The number of ether oxygens (including phenoxy) is 1. The van der Waals surface area contributed by atoms with E-state index in [1.807, 2.05) is 37.3 Å². The molecule has 0 bridgehead atoms. The van der Waals surface area contributed by atoms with Crippen LogP contribution in [-0.4, -0.2) is 12.2 Å². The fourth-order valence-corrected chi connectivity index (χ4v) is 1.50. The molecule has 1 atom stereocenters. The largest absolute Gasteiger partial charge is 0.446 e. The van der Waals surface area contributed by atoms with Gasteiger partial charge in [-0.2, -0.15) is 0 Å². The zero-order valence-corrected chi connectivity index (χ0v) is 8.77. The highest BCUT2D eigenvalue weighted by atomic mass is 16.6. The third-order valence-electron chi connectivity index (χ3n) is 2.60. The van der Waals surface area contributed by atoms with Gasteiger partial charge >= 0.3 is 6.09 Å². The highest BCUT2D eigenvalue weighted by molar-refractivity contribution is 5.84. The SMILES string of the molecule is C[C@@H](OC(=O)Nc1ccccc1)C1CC1. The molecule has 1 aliphatic carbocycles. The van der Waals surface area contributed by atoms with Crippen LogP contribution in [-0.2, 0) is 4.74 Å². The minimum Gasteiger partial charge on any atom is -0.446 e. The number of carbonyl (C=O) groups is 1. The summed E-state index contributed by atoms with van der Waals surface area (Å²) in [5.41, 5.74) is 0.769. The van der Waals surface area contributed by atoms with Crippen LogP contribution < -0.4 is 5.32 Å². The standard InChI is InChI=1S/C12H15NO2/c1-9(10-7-8-10)15-12(14)13-11-5-3-2-4-6-11/h2-6,9-10H,7-8H2,1H3,(H,13,14)/t9-/m1/s1. The van der Waals surface area contributed by atoms with Crippen LogP contribution in [0.25, 0.3) is 0 Å². The fraction of sp³-hybridized carbons (Fsp3) is 0.417. The molecule has 0 unspecified atom stereocenters. The first-order valence-electron chi connectivity index (χ1n) is 5.28. The predicted octanol–water partition coefficient (Wildman–Crippen LogP) is 3.03. The molecule has 0 heterocycles. The molecular formula is C12H15NO2. The molecule has 15 heavy (non-hydrogen) atoms. The summed E-state index contributed by atoms with van der Waals surface area (Å²) >= 11 is 0. The number of para-hydroxylation sites is 1. The van der Waals surface area contributed by atoms with Gasteiger partial charge in [-0.05, 0) is 37.8 Å². The molecule has 1 N–H and O–H groups in total. The Morgan fingerprint density at radius 3 is 2.67 bits per heavy atom. The normalized spacial score (nSPS) is 16.9. The monoisotopic (exact) mass is 205 g/mol. The van der Waals surface area contributed by atoms with Crippen molar-refractivity contribution in [2.75, 3.05) is 5.32 Å². The molecule has 0 aliphatic heterocycles. The molecular weight excluding hydrogens is 190 g/mol. The van der Waals surface area contributed by atoms with Crippen molar-refractivity contribution in [2.24, 2.45) is 5.92 Å². The van der Waals surface area contributed by atoms with Crippen molar-refractivity contribution in [2.45, 2.75) is 25.9 Å². The molecule has 1 amide bonds. The Hall–Kier alpha value is -1.51. The molecule has 0 spiro atoms. The van der Waals surface area contributed by atoms with Crippen LogP contribution in [0, 0.1) is 5.92 Å². The lowest BCUT2D eigenvalue weighted by Crippen LogP contribution is -2.21. The number of hydrogen-bond acceptors (Lipinski definition) is 2. The first kappa shape index (κ1) is 10.0. The van der Waals surface area contributed by atoms with E-state index in [9.17, 15) is 4.79 Å². The summed E-state index contributed by atoms with van der Waals surface area (Å²) < 4.78 is 5.23. The minimum absolute atomic E-state index is 0.0358. The van der Waals surface area contributed by atoms with Crippen molar-refractivity contribution < 1.29 is 9.53 Å². The van der Waals surface area contributed by atoms with Crippen LogP contribution in [0.15, 0.2) is 30.3 Å². The molecule has 0 saturated heterocycles. The highest BCUT2D eigenvalue weighted by Crippen LogP contribution is 2.34. The van der Waals surface area contributed by atoms with Crippen LogP contribution in [0.4, 0.5) is 10.5 Å². The van der Waals surface area contributed by atoms with Crippen molar-refractivity contribution in [1.29, 1.82) is 0 Å². The zero-order chi connectivity index (χ0) is 10.7. The molecule has 80 valence electrons. The van der Waals surface area contributed by atoms with Crippen molar-refractivity contribution in [3.63, 3.8) is 0 Å². The lowest BCUT2D eigenvalue weighted by Gasteiger charge is -2.12. The van der Waals surface area contributed by atoms with E-state index >= 15 is 0 Å². The molecule has 0 radical (unpaired) electrons. The molecule has 1 aromatic rings. The molecule has 1 aliphatic rings. The van der Waals surface area contributed by atoms with E-state index in [4.69, 9.17) is 4.74 Å². The van der Waals surface area contributed by atoms with E-state index < -0.39 is 0 Å². The number of benzene rings is 1. The van der Waals surface area contributed by atoms with Crippen molar-refractivity contribution in [3.05, 3.63) is 30.3 Å². The van der Waals surface area contributed by atoms with E-state index in [-0.39, 0.29) is 12.2 Å². The number of nitrogens with one attached hydrogen (secondary N) is 1. The number of carbonyl (C=O) groups excluding carboxylic acids is 1. The average molecular weight is 205 g/mol. The van der Waals surface area contributed by atoms with Crippen LogP contribution in [0.1, 0.15) is 19.8 Å². The van der Waals surface area contributed by atoms with E-state index in [1.165, 1.54) is 12.8 Å².